The summed E-state index contributed by atoms with van der Waals surface area (Å²) in [6.45, 7) is 0. The molecule has 0 atom stereocenters. The topological polar surface area (TPSA) is 20.2 Å². The molecule has 3 heteroatoms. The molecule has 0 aliphatic heterocycles. The minimum absolute atomic E-state index is 0.358. The van der Waals surface area contributed by atoms with Gasteiger partial charge in [-0.25, -0.2) is 0 Å². The third-order valence-corrected chi connectivity index (χ3v) is 3.40. The van der Waals surface area contributed by atoms with Crippen LogP contribution in [0.15, 0.2) is 24.3 Å². The van der Waals surface area contributed by atoms with E-state index in [0.717, 1.165) is 15.8 Å². The lowest BCUT2D eigenvalue weighted by atomic mass is 10.2. The number of benzene rings is 1. The zero-order valence-corrected chi connectivity index (χ0v) is 8.03. The van der Waals surface area contributed by atoms with E-state index >= 15 is 0 Å². The van der Waals surface area contributed by atoms with Crippen LogP contribution in [0.4, 0.5) is 0 Å². The van der Waals surface area contributed by atoms with Gasteiger partial charge in [0, 0.05) is 20.7 Å². The van der Waals surface area contributed by atoms with Crippen LogP contribution in [0.3, 0.4) is 0 Å². The summed E-state index contributed by atoms with van der Waals surface area (Å²) in [6.07, 6.45) is 0. The van der Waals surface area contributed by atoms with E-state index in [-0.39, 0.29) is 0 Å². The van der Waals surface area contributed by atoms with Crippen molar-refractivity contribution in [3.63, 3.8) is 0 Å². The first kappa shape index (κ1) is 7.95. The summed E-state index contributed by atoms with van der Waals surface area (Å²) in [5.74, 6) is 1.09. The summed E-state index contributed by atoms with van der Waals surface area (Å²) in [6, 6.07) is 7.56. The smallest absolute Gasteiger partial charge is 0.124 e. The Bertz CT molecular complexity index is 406. The predicted octanol–water partition coefficient (Wildman–Crippen LogP) is 3.04. The maximum absolute atomic E-state index is 9.46. The van der Waals surface area contributed by atoms with Crippen LogP contribution in [0.2, 0.25) is 0 Å². The first-order valence-electron chi connectivity index (χ1n) is 3.62. The van der Waals surface area contributed by atoms with Gasteiger partial charge in [0.25, 0.3) is 0 Å². The molecule has 0 unspecified atom stereocenters. The third kappa shape index (κ3) is 1.19. The Balaban J connectivity index is 2.74. The van der Waals surface area contributed by atoms with Crippen LogP contribution in [0.1, 0.15) is 4.88 Å². The van der Waals surface area contributed by atoms with Gasteiger partial charge in [-0.15, -0.1) is 11.3 Å². The average Bonchev–Trinajstić information content (AvgIpc) is 2.49. The van der Waals surface area contributed by atoms with Gasteiger partial charge in [0.05, 0.1) is 0 Å². The van der Waals surface area contributed by atoms with Gasteiger partial charge in [-0.05, 0) is 18.2 Å². The average molecular weight is 196 g/mol. The van der Waals surface area contributed by atoms with Crippen molar-refractivity contribution in [1.29, 1.82) is 0 Å². The Morgan fingerprint density at radius 3 is 2.92 bits per heavy atom. The number of thiol groups is 1. The van der Waals surface area contributed by atoms with E-state index in [1.807, 2.05) is 18.2 Å². The van der Waals surface area contributed by atoms with E-state index in [1.165, 1.54) is 4.88 Å². The van der Waals surface area contributed by atoms with Gasteiger partial charge < -0.3 is 5.11 Å². The quantitative estimate of drug-likeness (QED) is 0.672. The number of hydrogen-bond donors (Lipinski definition) is 2. The predicted molar refractivity (Wildman–Crippen MR) is 56.2 cm³/mol. The second-order valence-corrected chi connectivity index (χ2v) is 4.04. The number of thiophene rings is 1. The van der Waals surface area contributed by atoms with Gasteiger partial charge in [0.2, 0.25) is 0 Å². The summed E-state index contributed by atoms with van der Waals surface area (Å²) < 4.78 is 1.12. The molecule has 1 nitrogen and oxygen atoms in total. The van der Waals surface area contributed by atoms with Crippen LogP contribution >= 0.6 is 24.0 Å². The Morgan fingerprint density at radius 1 is 1.42 bits per heavy atom. The Kier molecular flexibility index (Phi) is 1.98. The molecule has 0 aliphatic rings. The van der Waals surface area contributed by atoms with Crippen molar-refractivity contribution < 1.29 is 5.11 Å². The molecule has 1 aromatic heterocycles. The number of phenols is 1. The van der Waals surface area contributed by atoms with E-state index in [0.29, 0.717) is 5.75 Å². The molecule has 1 heterocycles. The molecule has 0 fully saturated rings. The second-order valence-electron chi connectivity index (χ2n) is 2.56. The summed E-state index contributed by atoms with van der Waals surface area (Å²) in [7, 11) is 0. The van der Waals surface area contributed by atoms with Gasteiger partial charge in [-0.1, -0.05) is 6.07 Å². The lowest BCUT2D eigenvalue weighted by molar-refractivity contribution is 0.482. The monoisotopic (exact) mass is 196 g/mol. The van der Waals surface area contributed by atoms with Crippen LogP contribution < -0.4 is 0 Å². The number of fused-ring (bicyclic) bond motifs is 1. The standard InChI is InChI=1S/C9H8OS2/c10-8-2-1-3-9-7(8)4-6(5-11)12-9/h1-4,10-11H,5H2. The van der Waals surface area contributed by atoms with E-state index in [1.54, 1.807) is 17.4 Å². The van der Waals surface area contributed by atoms with E-state index in [2.05, 4.69) is 12.6 Å². The van der Waals surface area contributed by atoms with Crippen molar-refractivity contribution >= 4 is 34.1 Å². The molecule has 0 saturated heterocycles. The lowest BCUT2D eigenvalue weighted by Gasteiger charge is -1.90. The SMILES string of the molecule is Oc1cccc2sc(CS)cc12. The molecule has 0 bridgehead atoms. The first-order chi connectivity index (χ1) is 5.81. The highest BCUT2D eigenvalue weighted by Crippen LogP contribution is 2.32. The zero-order valence-electron chi connectivity index (χ0n) is 6.32. The van der Waals surface area contributed by atoms with Crippen LogP contribution in [0.5, 0.6) is 5.75 Å². The fourth-order valence-electron chi connectivity index (χ4n) is 1.18. The molecule has 1 N–H and O–H groups in total. The molecular weight excluding hydrogens is 188 g/mol. The zero-order chi connectivity index (χ0) is 8.55. The van der Waals surface area contributed by atoms with E-state index in [9.17, 15) is 5.11 Å². The molecule has 2 aromatic rings. The van der Waals surface area contributed by atoms with Crippen molar-refractivity contribution in [2.45, 2.75) is 5.75 Å². The van der Waals surface area contributed by atoms with Crippen molar-refractivity contribution in [1.82, 2.24) is 0 Å². The summed E-state index contributed by atoms with van der Waals surface area (Å²) in [5, 5.41) is 10.4. The van der Waals surface area contributed by atoms with Crippen LogP contribution in [0, 0.1) is 0 Å². The van der Waals surface area contributed by atoms with Crippen molar-refractivity contribution in [3.8, 4) is 5.75 Å². The molecule has 0 aliphatic carbocycles. The van der Waals surface area contributed by atoms with Gasteiger partial charge in [0.15, 0.2) is 0 Å². The molecule has 0 amide bonds. The number of aromatic hydroxyl groups is 1. The first-order valence-corrected chi connectivity index (χ1v) is 5.07. The summed E-state index contributed by atoms with van der Waals surface area (Å²) in [4.78, 5) is 1.19. The fourth-order valence-corrected chi connectivity index (χ4v) is 2.40. The van der Waals surface area contributed by atoms with Gasteiger partial charge in [-0.2, -0.15) is 12.6 Å². The molecule has 0 saturated carbocycles. The van der Waals surface area contributed by atoms with Crippen molar-refractivity contribution in [2.24, 2.45) is 0 Å². The minimum Gasteiger partial charge on any atom is -0.507 e. The molecule has 0 spiro atoms. The van der Waals surface area contributed by atoms with Gasteiger partial charge in [0.1, 0.15) is 5.75 Å². The Hall–Kier alpha value is -0.670. The fraction of sp³-hybridized carbons (Fsp3) is 0.111. The second kappa shape index (κ2) is 2.99. The van der Waals surface area contributed by atoms with Crippen molar-refractivity contribution in [2.75, 3.05) is 0 Å². The van der Waals surface area contributed by atoms with Gasteiger partial charge in [-0.3, -0.25) is 0 Å². The van der Waals surface area contributed by atoms with E-state index in [4.69, 9.17) is 0 Å². The molecule has 12 heavy (non-hydrogen) atoms. The number of phenolic OH excluding ortho intramolecular Hbond substituents is 1. The van der Waals surface area contributed by atoms with Gasteiger partial charge >= 0.3 is 0 Å². The highest BCUT2D eigenvalue weighted by Gasteiger charge is 2.02. The third-order valence-electron chi connectivity index (χ3n) is 1.75. The largest absolute Gasteiger partial charge is 0.507 e. The molecule has 2 rings (SSSR count). The van der Waals surface area contributed by atoms with Crippen LogP contribution in [-0.4, -0.2) is 5.11 Å². The number of rotatable bonds is 1. The molecule has 0 radical (unpaired) electrons. The van der Waals surface area contributed by atoms with Crippen LogP contribution in [-0.2, 0) is 5.75 Å². The highest BCUT2D eigenvalue weighted by molar-refractivity contribution is 7.79. The Labute approximate surface area is 80.1 Å². The van der Waals surface area contributed by atoms with Crippen molar-refractivity contribution in [3.05, 3.63) is 29.1 Å². The van der Waals surface area contributed by atoms with E-state index < -0.39 is 0 Å². The normalized spacial score (nSPS) is 10.8. The Morgan fingerprint density at radius 2 is 2.25 bits per heavy atom. The maximum Gasteiger partial charge on any atom is 0.124 e. The summed E-state index contributed by atoms with van der Waals surface area (Å²) >= 11 is 5.86. The summed E-state index contributed by atoms with van der Waals surface area (Å²) in [5.41, 5.74) is 0. The number of hydrogen-bond acceptors (Lipinski definition) is 3. The minimum atomic E-state index is 0.358. The molecule has 62 valence electrons. The highest BCUT2D eigenvalue weighted by atomic mass is 32.1. The molecular formula is C9H8OS2. The maximum atomic E-state index is 9.46. The lowest BCUT2D eigenvalue weighted by Crippen LogP contribution is -1.64. The van der Waals surface area contributed by atoms with Crippen LogP contribution in [0.25, 0.3) is 10.1 Å². The molecule has 1 aromatic carbocycles.